The van der Waals surface area contributed by atoms with E-state index in [4.69, 9.17) is 4.74 Å². The van der Waals surface area contributed by atoms with E-state index < -0.39 is 5.60 Å². The Labute approximate surface area is 144 Å². The van der Waals surface area contributed by atoms with Crippen LogP contribution in [0.15, 0.2) is 18.2 Å². The lowest BCUT2D eigenvalue weighted by Gasteiger charge is -2.41. The number of hydrogen-bond donors (Lipinski definition) is 1. The van der Waals surface area contributed by atoms with Gasteiger partial charge in [0.25, 0.3) is 0 Å². The van der Waals surface area contributed by atoms with E-state index >= 15 is 0 Å². The van der Waals surface area contributed by atoms with Gasteiger partial charge in [-0.2, -0.15) is 0 Å². The summed E-state index contributed by atoms with van der Waals surface area (Å²) in [6.45, 7) is 8.77. The lowest BCUT2D eigenvalue weighted by molar-refractivity contribution is 0.00927. The van der Waals surface area contributed by atoms with Gasteiger partial charge in [0.05, 0.1) is 0 Å². The molecule has 0 radical (unpaired) electrons. The van der Waals surface area contributed by atoms with Crippen molar-refractivity contribution < 1.29 is 14.6 Å². The highest BCUT2D eigenvalue weighted by atomic mass is 16.6. The van der Waals surface area contributed by atoms with E-state index in [1.165, 1.54) is 17.5 Å². The van der Waals surface area contributed by atoms with Crippen LogP contribution in [0, 0.1) is 0 Å². The molecule has 2 aliphatic rings. The maximum Gasteiger partial charge on any atom is 0.410 e. The van der Waals surface area contributed by atoms with Gasteiger partial charge < -0.3 is 14.7 Å². The molecule has 0 bridgehead atoms. The van der Waals surface area contributed by atoms with Crippen LogP contribution in [0.2, 0.25) is 0 Å². The topological polar surface area (TPSA) is 53.0 Å². The Morgan fingerprint density at radius 2 is 1.92 bits per heavy atom. The number of benzene rings is 1. The molecule has 1 heterocycles. The SMILES string of the molecule is CC(C)(C)OC(=O)N1CCN(C2CCCc3ccc(O)cc32)CC1. The number of phenols is 1. The molecule has 3 rings (SSSR count). The second-order valence-electron chi connectivity index (χ2n) is 7.79. The summed E-state index contributed by atoms with van der Waals surface area (Å²) in [5, 5.41) is 9.84. The van der Waals surface area contributed by atoms with Crippen LogP contribution < -0.4 is 0 Å². The number of aryl methyl sites for hydroxylation is 1. The van der Waals surface area contributed by atoms with Gasteiger partial charge in [-0.1, -0.05) is 6.07 Å². The van der Waals surface area contributed by atoms with Crippen LogP contribution in [-0.2, 0) is 11.2 Å². The van der Waals surface area contributed by atoms with E-state index in [-0.39, 0.29) is 6.09 Å². The maximum atomic E-state index is 12.2. The first kappa shape index (κ1) is 17.1. The Kier molecular flexibility index (Phi) is 4.72. The van der Waals surface area contributed by atoms with E-state index in [2.05, 4.69) is 4.90 Å². The molecule has 1 atom stereocenters. The fourth-order valence-corrected chi connectivity index (χ4v) is 3.68. The summed E-state index contributed by atoms with van der Waals surface area (Å²) >= 11 is 0. The van der Waals surface area contributed by atoms with Crippen molar-refractivity contribution in [1.29, 1.82) is 0 Å². The first-order valence-corrected chi connectivity index (χ1v) is 8.87. The molecular formula is C19H28N2O3. The van der Waals surface area contributed by atoms with Gasteiger partial charge in [0.1, 0.15) is 11.4 Å². The Morgan fingerprint density at radius 3 is 2.58 bits per heavy atom. The Balaban J connectivity index is 1.64. The highest BCUT2D eigenvalue weighted by Crippen LogP contribution is 2.36. The van der Waals surface area contributed by atoms with Crippen LogP contribution in [0.5, 0.6) is 5.75 Å². The number of rotatable bonds is 1. The Hall–Kier alpha value is -1.75. The predicted octanol–water partition coefficient (Wildman–Crippen LogP) is 3.32. The predicted molar refractivity (Wildman–Crippen MR) is 93.2 cm³/mol. The highest BCUT2D eigenvalue weighted by Gasteiger charge is 2.31. The van der Waals surface area contributed by atoms with Crippen molar-refractivity contribution in [2.75, 3.05) is 26.2 Å². The van der Waals surface area contributed by atoms with Crippen LogP contribution in [0.1, 0.15) is 50.8 Å². The first-order chi connectivity index (χ1) is 11.3. The standard InChI is InChI=1S/C19H28N2O3/c1-19(2,3)24-18(23)21-11-9-20(10-12-21)17-6-4-5-14-7-8-15(22)13-16(14)17/h7-8,13,17,22H,4-6,9-12H2,1-3H3. The van der Waals surface area contributed by atoms with Gasteiger partial charge in [0, 0.05) is 32.2 Å². The van der Waals surface area contributed by atoms with Crippen molar-refractivity contribution in [2.24, 2.45) is 0 Å². The van der Waals surface area contributed by atoms with Crippen LogP contribution in [0.3, 0.4) is 0 Å². The summed E-state index contributed by atoms with van der Waals surface area (Å²) in [7, 11) is 0. The minimum atomic E-state index is -0.450. The average molecular weight is 332 g/mol. The van der Waals surface area contributed by atoms with Gasteiger partial charge in [-0.25, -0.2) is 4.79 Å². The smallest absolute Gasteiger partial charge is 0.410 e. The van der Waals surface area contributed by atoms with Crippen molar-refractivity contribution in [3.63, 3.8) is 0 Å². The molecule has 5 nitrogen and oxygen atoms in total. The number of phenolic OH excluding ortho intramolecular Hbond substituents is 1. The summed E-state index contributed by atoms with van der Waals surface area (Å²) in [5.74, 6) is 0.341. The van der Waals surface area contributed by atoms with Crippen LogP contribution >= 0.6 is 0 Å². The average Bonchev–Trinajstić information content (AvgIpc) is 2.53. The van der Waals surface area contributed by atoms with Crippen LogP contribution in [-0.4, -0.2) is 52.8 Å². The molecule has 1 aromatic rings. The van der Waals surface area contributed by atoms with Crippen molar-refractivity contribution >= 4 is 6.09 Å². The number of hydrogen-bond acceptors (Lipinski definition) is 4. The van der Waals surface area contributed by atoms with Crippen LogP contribution in [0.4, 0.5) is 4.79 Å². The van der Waals surface area contributed by atoms with Gasteiger partial charge >= 0.3 is 6.09 Å². The zero-order chi connectivity index (χ0) is 17.3. The largest absolute Gasteiger partial charge is 0.508 e. The van der Waals surface area contributed by atoms with Crippen molar-refractivity contribution in [3.8, 4) is 5.75 Å². The van der Waals surface area contributed by atoms with Crippen molar-refractivity contribution in [2.45, 2.75) is 51.7 Å². The quantitative estimate of drug-likeness (QED) is 0.857. The molecule has 1 aromatic carbocycles. The molecule has 1 aliphatic heterocycles. The summed E-state index contributed by atoms with van der Waals surface area (Å²) in [6, 6.07) is 6.09. The maximum absolute atomic E-state index is 12.2. The number of carbonyl (C=O) groups is 1. The zero-order valence-electron chi connectivity index (χ0n) is 14.9. The molecular weight excluding hydrogens is 304 g/mol. The third-order valence-electron chi connectivity index (χ3n) is 4.82. The van der Waals surface area contributed by atoms with Crippen LogP contribution in [0.25, 0.3) is 0 Å². The monoisotopic (exact) mass is 332 g/mol. The number of piperazine rings is 1. The molecule has 0 spiro atoms. The first-order valence-electron chi connectivity index (χ1n) is 8.87. The summed E-state index contributed by atoms with van der Waals surface area (Å²) in [5.41, 5.74) is 2.15. The molecule has 1 unspecified atom stereocenters. The summed E-state index contributed by atoms with van der Waals surface area (Å²) < 4.78 is 5.47. The second kappa shape index (κ2) is 6.63. The molecule has 0 aromatic heterocycles. The summed E-state index contributed by atoms with van der Waals surface area (Å²) in [6.07, 6.45) is 3.16. The lowest BCUT2D eigenvalue weighted by Crippen LogP contribution is -2.51. The van der Waals surface area contributed by atoms with E-state index in [1.54, 1.807) is 11.0 Å². The number of fused-ring (bicyclic) bond motifs is 1. The molecule has 1 saturated heterocycles. The van der Waals surface area contributed by atoms with Gasteiger partial charge in [0.15, 0.2) is 0 Å². The molecule has 5 heteroatoms. The number of nitrogens with zero attached hydrogens (tertiary/aromatic N) is 2. The minimum absolute atomic E-state index is 0.219. The number of amides is 1. The van der Waals surface area contributed by atoms with Gasteiger partial charge in [-0.3, -0.25) is 4.90 Å². The van der Waals surface area contributed by atoms with E-state index in [9.17, 15) is 9.90 Å². The zero-order valence-corrected chi connectivity index (χ0v) is 14.9. The number of aromatic hydroxyl groups is 1. The molecule has 1 aliphatic carbocycles. The van der Waals surface area contributed by atoms with E-state index in [1.807, 2.05) is 32.9 Å². The third kappa shape index (κ3) is 3.83. The second-order valence-corrected chi connectivity index (χ2v) is 7.79. The van der Waals surface area contributed by atoms with Crippen molar-refractivity contribution in [3.05, 3.63) is 29.3 Å². The normalized spacial score (nSPS) is 22.1. The fourth-order valence-electron chi connectivity index (χ4n) is 3.68. The van der Waals surface area contributed by atoms with Gasteiger partial charge in [-0.05, 0) is 63.3 Å². The van der Waals surface area contributed by atoms with Gasteiger partial charge in [0.2, 0.25) is 0 Å². The minimum Gasteiger partial charge on any atom is -0.508 e. The molecule has 132 valence electrons. The number of carbonyl (C=O) groups excluding carboxylic acids is 1. The molecule has 24 heavy (non-hydrogen) atoms. The molecule has 0 saturated carbocycles. The highest BCUT2D eigenvalue weighted by molar-refractivity contribution is 5.68. The fraction of sp³-hybridized carbons (Fsp3) is 0.632. The number of ether oxygens (including phenoxy) is 1. The Morgan fingerprint density at radius 1 is 1.21 bits per heavy atom. The van der Waals surface area contributed by atoms with Crippen molar-refractivity contribution in [1.82, 2.24) is 9.80 Å². The molecule has 1 N–H and O–H groups in total. The summed E-state index contributed by atoms with van der Waals surface area (Å²) in [4.78, 5) is 16.4. The molecule has 1 amide bonds. The van der Waals surface area contributed by atoms with Gasteiger partial charge in [-0.15, -0.1) is 0 Å². The third-order valence-corrected chi connectivity index (χ3v) is 4.82. The lowest BCUT2D eigenvalue weighted by atomic mass is 9.86. The van der Waals surface area contributed by atoms with E-state index in [0.717, 1.165) is 25.9 Å². The Bertz CT molecular complexity index is 601. The van der Waals surface area contributed by atoms with E-state index in [0.29, 0.717) is 24.9 Å². The molecule has 1 fully saturated rings.